The smallest absolute Gasteiger partial charge is 0.416 e. The van der Waals surface area contributed by atoms with E-state index >= 15 is 0 Å². The molecule has 0 fully saturated rings. The number of thioether (sulfide) groups is 1. The molecule has 39 heavy (non-hydrogen) atoms. The van der Waals surface area contributed by atoms with Crippen LogP contribution in [0.3, 0.4) is 0 Å². The average Bonchev–Trinajstić information content (AvgIpc) is 3.43. The summed E-state index contributed by atoms with van der Waals surface area (Å²) in [6.45, 7) is 6.70. The fraction of sp³-hybridized carbons (Fsp3) is 0.481. The molecule has 1 unspecified atom stereocenters. The maximum atomic E-state index is 12.9. The number of rotatable bonds is 9. The van der Waals surface area contributed by atoms with Crippen molar-refractivity contribution >= 4 is 34.0 Å². The van der Waals surface area contributed by atoms with Gasteiger partial charge in [0.05, 0.1) is 16.9 Å². The number of aromatic nitrogens is 3. The molecule has 208 valence electrons. The summed E-state index contributed by atoms with van der Waals surface area (Å²) in [5, 5.41) is 21.9. The number of alkyl halides is 3. The van der Waals surface area contributed by atoms with E-state index in [1.54, 1.807) is 11.6 Å². The Balaban J connectivity index is 1.35. The number of benzene rings is 1. The van der Waals surface area contributed by atoms with Crippen LogP contribution in [0.1, 0.15) is 61.0 Å². The van der Waals surface area contributed by atoms with Crippen molar-refractivity contribution < 1.29 is 22.7 Å². The summed E-state index contributed by atoms with van der Waals surface area (Å²) in [5.74, 6) is 0.808. The van der Waals surface area contributed by atoms with Gasteiger partial charge in [-0.15, -0.1) is 21.5 Å². The molecule has 1 aliphatic carbocycles. The normalized spacial score (nSPS) is 15.5. The molecule has 0 saturated heterocycles. The Morgan fingerprint density at radius 1 is 1.33 bits per heavy atom. The van der Waals surface area contributed by atoms with Crippen LogP contribution >= 0.6 is 23.1 Å². The lowest BCUT2D eigenvalue weighted by Crippen LogP contribution is -2.28. The van der Waals surface area contributed by atoms with Gasteiger partial charge in [-0.3, -0.25) is 4.79 Å². The van der Waals surface area contributed by atoms with Crippen LogP contribution < -0.4 is 10.1 Å². The standard InChI is InChI=1S/C27H30F3N5O2S2/c1-5-26(2,3)16-9-10-19-20(13-31)24(39-21(19)12-16)32-23(36)15-38-25-34-33-22(35(25)4)14-37-18-8-6-7-17(11-18)27(28,29)30/h6-8,11,16H,5,9-10,12,14-15H2,1-4H3,(H,32,36). The number of hydrogen-bond donors (Lipinski definition) is 1. The highest BCUT2D eigenvalue weighted by atomic mass is 32.2. The fourth-order valence-corrected chi connectivity index (χ4v) is 6.57. The molecule has 0 bridgehead atoms. The minimum atomic E-state index is -4.46. The Kier molecular flexibility index (Phi) is 8.61. The van der Waals surface area contributed by atoms with Crippen LogP contribution in [-0.2, 0) is 37.5 Å². The number of thiophene rings is 1. The Morgan fingerprint density at radius 2 is 2.10 bits per heavy atom. The summed E-state index contributed by atoms with van der Waals surface area (Å²) in [6.07, 6.45) is -0.568. The number of carbonyl (C=O) groups excluding carboxylic acids is 1. The molecule has 1 aliphatic rings. The lowest BCUT2D eigenvalue weighted by molar-refractivity contribution is -0.137. The SMILES string of the molecule is CCC(C)(C)C1CCc2c(sc(NC(=O)CSc3nnc(COc4cccc(C(F)(F)F)c4)n3C)c2C#N)C1. The van der Waals surface area contributed by atoms with Crippen molar-refractivity contribution in [3.05, 3.63) is 51.7 Å². The van der Waals surface area contributed by atoms with Crippen molar-refractivity contribution in [2.24, 2.45) is 18.4 Å². The first-order valence-electron chi connectivity index (χ1n) is 12.6. The molecule has 2 aromatic heterocycles. The molecule has 1 atom stereocenters. The lowest BCUT2D eigenvalue weighted by Gasteiger charge is -2.36. The number of nitriles is 1. The molecule has 3 aromatic rings. The molecule has 0 aliphatic heterocycles. The summed E-state index contributed by atoms with van der Waals surface area (Å²) in [7, 11) is 1.69. The zero-order valence-electron chi connectivity index (χ0n) is 22.2. The zero-order chi connectivity index (χ0) is 28.4. The second kappa shape index (κ2) is 11.6. The number of fused-ring (bicyclic) bond motifs is 1. The first-order valence-corrected chi connectivity index (χ1v) is 14.4. The van der Waals surface area contributed by atoms with Gasteiger partial charge in [0.2, 0.25) is 5.91 Å². The van der Waals surface area contributed by atoms with Crippen LogP contribution in [0, 0.1) is 22.7 Å². The van der Waals surface area contributed by atoms with Crippen LogP contribution in [0.5, 0.6) is 5.75 Å². The van der Waals surface area contributed by atoms with Gasteiger partial charge < -0.3 is 14.6 Å². The van der Waals surface area contributed by atoms with Crippen molar-refractivity contribution in [3.63, 3.8) is 0 Å². The van der Waals surface area contributed by atoms with E-state index in [4.69, 9.17) is 4.74 Å². The number of nitrogens with zero attached hydrogens (tertiary/aromatic N) is 4. The van der Waals surface area contributed by atoms with E-state index in [0.717, 1.165) is 43.4 Å². The van der Waals surface area contributed by atoms with E-state index in [-0.39, 0.29) is 29.4 Å². The number of halogens is 3. The van der Waals surface area contributed by atoms with Crippen LogP contribution in [0.2, 0.25) is 0 Å². The van der Waals surface area contributed by atoms with Gasteiger partial charge >= 0.3 is 6.18 Å². The molecule has 7 nitrogen and oxygen atoms in total. The van der Waals surface area contributed by atoms with Crippen molar-refractivity contribution in [1.29, 1.82) is 5.26 Å². The Labute approximate surface area is 233 Å². The molecule has 0 saturated carbocycles. The van der Waals surface area contributed by atoms with Crippen molar-refractivity contribution in [1.82, 2.24) is 14.8 Å². The quantitative estimate of drug-likeness (QED) is 0.288. The number of amides is 1. The Hall–Kier alpha value is -3.04. The molecule has 1 N–H and O–H groups in total. The Morgan fingerprint density at radius 3 is 2.79 bits per heavy atom. The molecule has 0 radical (unpaired) electrons. The Bertz CT molecular complexity index is 1390. The van der Waals surface area contributed by atoms with E-state index in [0.29, 0.717) is 27.5 Å². The van der Waals surface area contributed by atoms with E-state index in [9.17, 15) is 23.2 Å². The maximum absolute atomic E-state index is 12.9. The predicted octanol–water partition coefficient (Wildman–Crippen LogP) is 6.62. The average molecular weight is 578 g/mol. The van der Waals surface area contributed by atoms with Gasteiger partial charge in [0.15, 0.2) is 11.0 Å². The van der Waals surface area contributed by atoms with E-state index in [1.165, 1.54) is 40.1 Å². The minimum Gasteiger partial charge on any atom is -0.486 e. The molecule has 12 heteroatoms. The third kappa shape index (κ3) is 6.58. The van der Waals surface area contributed by atoms with Crippen LogP contribution in [-0.4, -0.2) is 26.4 Å². The van der Waals surface area contributed by atoms with E-state index < -0.39 is 11.7 Å². The monoisotopic (exact) mass is 577 g/mol. The van der Waals surface area contributed by atoms with Crippen molar-refractivity contribution in [2.45, 2.75) is 64.4 Å². The van der Waals surface area contributed by atoms with Crippen molar-refractivity contribution in [2.75, 3.05) is 11.1 Å². The molecule has 0 spiro atoms. The number of ether oxygens (including phenoxy) is 1. The first kappa shape index (κ1) is 29.0. The zero-order valence-corrected chi connectivity index (χ0v) is 23.8. The van der Waals surface area contributed by atoms with Gasteiger partial charge in [-0.1, -0.05) is 45.0 Å². The highest BCUT2D eigenvalue weighted by Crippen LogP contribution is 2.45. The summed E-state index contributed by atoms with van der Waals surface area (Å²) < 4.78 is 45.9. The van der Waals surface area contributed by atoms with Crippen molar-refractivity contribution in [3.8, 4) is 11.8 Å². The van der Waals surface area contributed by atoms with E-state index in [1.807, 2.05) is 0 Å². The summed E-state index contributed by atoms with van der Waals surface area (Å²) >= 11 is 2.67. The van der Waals surface area contributed by atoms with Gasteiger partial charge in [-0.25, -0.2) is 0 Å². The molecule has 1 aromatic carbocycles. The molecule has 1 amide bonds. The van der Waals surface area contributed by atoms with Gasteiger partial charge in [0.25, 0.3) is 0 Å². The second-order valence-electron chi connectivity index (χ2n) is 10.2. The maximum Gasteiger partial charge on any atom is 0.416 e. The third-order valence-electron chi connectivity index (χ3n) is 7.43. The number of carbonyl (C=O) groups is 1. The second-order valence-corrected chi connectivity index (χ2v) is 12.3. The summed E-state index contributed by atoms with van der Waals surface area (Å²) in [5.41, 5.74) is 1.05. The topological polar surface area (TPSA) is 92.8 Å². The number of nitrogens with one attached hydrogen (secondary N) is 1. The van der Waals surface area contributed by atoms with Gasteiger partial charge in [-0.2, -0.15) is 18.4 Å². The minimum absolute atomic E-state index is 0.0549. The van der Waals surface area contributed by atoms with E-state index in [2.05, 4.69) is 42.4 Å². The molecule has 2 heterocycles. The summed E-state index contributed by atoms with van der Waals surface area (Å²) in [4.78, 5) is 14.0. The highest BCUT2D eigenvalue weighted by molar-refractivity contribution is 7.99. The molecular weight excluding hydrogens is 547 g/mol. The molecular formula is C27H30F3N5O2S2. The van der Waals surface area contributed by atoms with Gasteiger partial charge in [-0.05, 0) is 54.4 Å². The third-order valence-corrected chi connectivity index (χ3v) is 9.62. The van der Waals surface area contributed by atoms with Gasteiger partial charge in [0.1, 0.15) is 23.4 Å². The molecule has 4 rings (SSSR count). The number of hydrogen-bond acceptors (Lipinski definition) is 7. The van der Waals surface area contributed by atoms with Crippen LogP contribution in [0.25, 0.3) is 0 Å². The highest BCUT2D eigenvalue weighted by Gasteiger charge is 2.34. The predicted molar refractivity (Wildman–Crippen MR) is 145 cm³/mol. The summed E-state index contributed by atoms with van der Waals surface area (Å²) in [6, 6.07) is 6.91. The first-order chi connectivity index (χ1) is 18.4. The van der Waals surface area contributed by atoms with Crippen LogP contribution in [0.15, 0.2) is 29.4 Å². The van der Waals surface area contributed by atoms with Crippen LogP contribution in [0.4, 0.5) is 18.2 Å². The number of anilines is 1. The lowest BCUT2D eigenvalue weighted by atomic mass is 9.69. The largest absolute Gasteiger partial charge is 0.486 e. The fourth-order valence-electron chi connectivity index (χ4n) is 4.55. The van der Waals surface area contributed by atoms with Gasteiger partial charge in [0, 0.05) is 11.9 Å².